The van der Waals surface area contributed by atoms with Gasteiger partial charge in [0.05, 0.1) is 106 Å². The molecule has 0 amide bonds. The van der Waals surface area contributed by atoms with Gasteiger partial charge in [-0.1, -0.05) is 273 Å². The van der Waals surface area contributed by atoms with Crippen molar-refractivity contribution in [3.63, 3.8) is 0 Å². The zero-order chi connectivity index (χ0) is 92.0. The van der Waals surface area contributed by atoms with Crippen molar-refractivity contribution in [3.8, 4) is 78.6 Å². The normalized spacial score (nSPS) is 11.9. The Balaban J connectivity index is 0.000000104. The van der Waals surface area contributed by atoms with Crippen LogP contribution in [0.2, 0.25) is 0 Å². The van der Waals surface area contributed by atoms with Crippen molar-refractivity contribution >= 4 is 186 Å². The standard InChI is InChI=1S/C48H30N4.C42H26N4.C38H24N4/c1-3-11-31(12-4-1)32-19-23-36(24-20-32)52-44-25-21-33(27-39(44)41-29-49-43-18-10-8-16-38(43)48(41)52)34-22-26-45-40(28-34)47-37-15-7-9-17-42(37)50-30-46(47)51(45)35-13-5-2-6-14-35;1-3-11-29(12-4-1)45-39-22-20-28(24-34(39)41-31-15-7-9-17-36(31)44-26-40(41)45)27-19-21-38-33(23-27)35-25-43-37-18-10-8-16-32(37)42(35)46(38)30-13-5-2-6-14-30;1-3-11-27(12-4-1)41-34-18-10-7-15-29(34)30-23-25(19-21-35(30)41)26-20-22-36-31(24-26)37-38(42(36)28-13-5-2-6-14-28)40-33-17-9-8-16-32(33)39-37/h1-30H;1-26H;1-24H. The van der Waals surface area contributed by atoms with Gasteiger partial charge >= 0.3 is 0 Å². The minimum absolute atomic E-state index is 0.869. The molecule has 0 bridgehead atoms. The van der Waals surface area contributed by atoms with Crippen molar-refractivity contribution in [1.82, 2.24) is 57.3 Å². The third kappa shape index (κ3) is 12.8. The molecule has 0 unspecified atom stereocenters. The number of nitrogens with zero attached hydrogens (tertiary/aromatic N) is 12. The van der Waals surface area contributed by atoms with Gasteiger partial charge in [0, 0.05) is 127 Å². The average Bonchev–Trinajstić information content (AvgIpc) is 1.55. The van der Waals surface area contributed by atoms with Crippen LogP contribution in [0.5, 0.6) is 0 Å². The molecule has 0 N–H and O–H groups in total. The van der Waals surface area contributed by atoms with Crippen LogP contribution in [-0.2, 0) is 0 Å². The van der Waals surface area contributed by atoms with Gasteiger partial charge in [-0.2, -0.15) is 0 Å². The van der Waals surface area contributed by atoms with E-state index in [1.54, 1.807) is 0 Å². The molecule has 30 rings (SSSR count). The van der Waals surface area contributed by atoms with E-state index in [0.717, 1.165) is 149 Å². The number of hydrogen-bond donors (Lipinski definition) is 0. The van der Waals surface area contributed by atoms with E-state index in [-0.39, 0.29) is 0 Å². The van der Waals surface area contributed by atoms with Gasteiger partial charge < -0.3 is 22.8 Å². The third-order valence-electron chi connectivity index (χ3n) is 28.2. The maximum Gasteiger partial charge on any atom is 0.165 e. The number of benzene rings is 19. The second-order valence-corrected chi connectivity index (χ2v) is 36.0. The lowest BCUT2D eigenvalue weighted by molar-refractivity contribution is 1.14. The van der Waals surface area contributed by atoms with Gasteiger partial charge in [-0.3, -0.25) is 24.5 Å². The molecule has 0 aliphatic heterocycles. The van der Waals surface area contributed by atoms with Crippen LogP contribution in [-0.4, -0.2) is 57.3 Å². The molecule has 0 fully saturated rings. The zero-order valence-corrected chi connectivity index (χ0v) is 75.6. The quantitative estimate of drug-likeness (QED) is 0.135. The maximum atomic E-state index is 5.13. The molecule has 0 aliphatic carbocycles. The molecule has 11 heterocycles. The number of aromatic nitrogens is 12. The lowest BCUT2D eigenvalue weighted by atomic mass is 10.00. The van der Waals surface area contributed by atoms with Crippen LogP contribution in [0.1, 0.15) is 0 Å². The third-order valence-corrected chi connectivity index (χ3v) is 28.2. The van der Waals surface area contributed by atoms with E-state index in [1.807, 2.05) is 48.9 Å². The Kier molecular flexibility index (Phi) is 18.4. The van der Waals surface area contributed by atoms with Crippen LogP contribution in [0.15, 0.2) is 486 Å². The van der Waals surface area contributed by atoms with Crippen LogP contribution in [0, 0.1) is 0 Å². The number of pyridine rings is 4. The molecular weight excluding hydrogens is 1710 g/mol. The number of hydrogen-bond acceptors (Lipinski definition) is 6. The average molecular weight is 1790 g/mol. The zero-order valence-electron chi connectivity index (χ0n) is 75.6. The summed E-state index contributed by atoms with van der Waals surface area (Å²) in [7, 11) is 0. The summed E-state index contributed by atoms with van der Waals surface area (Å²) in [6.07, 6.45) is 8.13. The Hall–Kier alpha value is -19.0. The van der Waals surface area contributed by atoms with Gasteiger partial charge in [0.25, 0.3) is 0 Å². The molecular formula is C128H80N12. The van der Waals surface area contributed by atoms with Crippen molar-refractivity contribution < 1.29 is 0 Å². The number of rotatable bonds is 10. The van der Waals surface area contributed by atoms with Gasteiger partial charge in [-0.15, -0.1) is 0 Å². The van der Waals surface area contributed by atoms with Gasteiger partial charge in [-0.25, -0.2) is 9.97 Å². The number of fused-ring (bicyclic) bond motifs is 27. The summed E-state index contributed by atoms with van der Waals surface area (Å²) in [5.41, 5.74) is 36.5. The predicted molar refractivity (Wildman–Crippen MR) is 581 cm³/mol. The van der Waals surface area contributed by atoms with E-state index in [2.05, 4.69) is 464 Å². The maximum absolute atomic E-state index is 5.13. The van der Waals surface area contributed by atoms with Crippen LogP contribution in [0.25, 0.3) is 264 Å². The predicted octanol–water partition coefficient (Wildman–Crippen LogP) is 32.4. The van der Waals surface area contributed by atoms with Gasteiger partial charge in [0.2, 0.25) is 0 Å². The highest BCUT2D eigenvalue weighted by Crippen LogP contribution is 2.47. The summed E-state index contributed by atoms with van der Waals surface area (Å²) >= 11 is 0. The van der Waals surface area contributed by atoms with Crippen LogP contribution < -0.4 is 0 Å². The van der Waals surface area contributed by atoms with Crippen molar-refractivity contribution in [2.45, 2.75) is 0 Å². The first-order chi connectivity index (χ1) is 69.5. The molecule has 0 aliphatic rings. The molecule has 140 heavy (non-hydrogen) atoms. The molecule has 0 radical (unpaired) electrons. The van der Waals surface area contributed by atoms with E-state index < -0.39 is 0 Å². The van der Waals surface area contributed by atoms with E-state index >= 15 is 0 Å². The Morgan fingerprint density at radius 3 is 0.836 bits per heavy atom. The van der Waals surface area contributed by atoms with Crippen molar-refractivity contribution in [1.29, 1.82) is 0 Å². The van der Waals surface area contributed by atoms with Crippen LogP contribution >= 0.6 is 0 Å². The van der Waals surface area contributed by atoms with Crippen molar-refractivity contribution in [3.05, 3.63) is 486 Å². The molecule has 12 heteroatoms. The SMILES string of the molecule is c1ccc(-c2ccc(-n3c4ccc(-c5ccc6c(c5)c5c7ccccc7ncc5n6-c5ccccc5)cc4c4cnc5ccccc5c43)cc2)cc1.c1ccc(-n2c3ccc(-c4ccc5c(c4)c4cnc6ccccc6c4n5-c4ccccc4)cc3c3c4ccccc4ncc32)cc1.c1ccc(-n2c3ccccc3c3cc(-c4ccc5c(c4)c4nc6ccccc6nc4n5-c4ccccc4)ccc32)cc1. The first-order valence-corrected chi connectivity index (χ1v) is 47.4. The summed E-state index contributed by atoms with van der Waals surface area (Å²) < 4.78 is 14.0. The molecule has 0 saturated heterocycles. The highest BCUT2D eigenvalue weighted by atomic mass is 15.1. The molecule has 0 spiro atoms. The van der Waals surface area contributed by atoms with E-state index in [1.165, 1.54) is 115 Å². The van der Waals surface area contributed by atoms with Gasteiger partial charge in [0.15, 0.2) is 5.65 Å². The fraction of sp³-hybridized carbons (Fsp3) is 0. The molecule has 652 valence electrons. The fourth-order valence-electron chi connectivity index (χ4n) is 21.9. The highest BCUT2D eigenvalue weighted by Gasteiger charge is 2.26. The van der Waals surface area contributed by atoms with Crippen LogP contribution in [0.4, 0.5) is 0 Å². The first-order valence-electron chi connectivity index (χ1n) is 47.4. The minimum atomic E-state index is 0.869. The fourth-order valence-corrected chi connectivity index (χ4v) is 21.9. The number of para-hydroxylation sites is 12. The van der Waals surface area contributed by atoms with Crippen molar-refractivity contribution in [2.75, 3.05) is 0 Å². The topological polar surface area (TPSA) is 107 Å². The summed E-state index contributed by atoms with van der Waals surface area (Å²) in [4.78, 5) is 29.8. The monoisotopic (exact) mass is 1780 g/mol. The molecule has 0 saturated carbocycles. The largest absolute Gasteiger partial charge is 0.309 e. The summed E-state index contributed by atoms with van der Waals surface area (Å²) in [5, 5.41) is 17.7. The smallest absolute Gasteiger partial charge is 0.165 e. The van der Waals surface area contributed by atoms with Crippen LogP contribution in [0.3, 0.4) is 0 Å². The summed E-state index contributed by atoms with van der Waals surface area (Å²) in [6.45, 7) is 0. The Morgan fingerprint density at radius 1 is 0.143 bits per heavy atom. The van der Waals surface area contributed by atoms with E-state index in [9.17, 15) is 0 Å². The van der Waals surface area contributed by atoms with Crippen molar-refractivity contribution in [2.24, 2.45) is 0 Å². The first kappa shape index (κ1) is 79.5. The Labute approximate surface area is 802 Å². The van der Waals surface area contributed by atoms with E-state index in [0.29, 0.717) is 0 Å². The lowest BCUT2D eigenvalue weighted by Gasteiger charge is -2.11. The molecule has 11 aromatic heterocycles. The summed E-state index contributed by atoms with van der Waals surface area (Å²) in [5.74, 6) is 0. The second-order valence-electron chi connectivity index (χ2n) is 36.0. The van der Waals surface area contributed by atoms with Gasteiger partial charge in [-0.05, 0) is 233 Å². The minimum Gasteiger partial charge on any atom is -0.309 e. The lowest BCUT2D eigenvalue weighted by Crippen LogP contribution is -1.96. The highest BCUT2D eigenvalue weighted by molar-refractivity contribution is 6.25. The van der Waals surface area contributed by atoms with Gasteiger partial charge in [0.1, 0.15) is 5.52 Å². The molecule has 0 atom stereocenters. The molecule has 12 nitrogen and oxygen atoms in total. The Morgan fingerprint density at radius 2 is 0.407 bits per heavy atom. The molecule has 19 aromatic carbocycles. The molecule has 30 aromatic rings. The Bertz CT molecular complexity index is 10300. The van der Waals surface area contributed by atoms with E-state index in [4.69, 9.17) is 29.9 Å². The summed E-state index contributed by atoms with van der Waals surface area (Å²) in [6, 6.07) is 164. The second kappa shape index (κ2) is 32.4.